The van der Waals surface area contributed by atoms with Gasteiger partial charge < -0.3 is 0 Å². The van der Waals surface area contributed by atoms with E-state index in [1.165, 1.54) is 23.5 Å². The van der Waals surface area contributed by atoms with E-state index in [1.54, 1.807) is 0 Å². The van der Waals surface area contributed by atoms with Gasteiger partial charge in [0.05, 0.1) is 23.5 Å². The first kappa shape index (κ1) is 12.3. The third kappa shape index (κ3) is 2.25. The maximum absolute atomic E-state index is 4.24. The summed E-state index contributed by atoms with van der Waals surface area (Å²) >= 11 is 9.14. The summed E-state index contributed by atoms with van der Waals surface area (Å²) in [5.41, 5.74) is 3.78. The van der Waals surface area contributed by atoms with Crippen LogP contribution in [0.25, 0.3) is 22.5 Å². The summed E-state index contributed by atoms with van der Waals surface area (Å²) in [4.78, 5) is 0. The van der Waals surface area contributed by atoms with E-state index in [2.05, 4.69) is 49.4 Å². The number of hydrogen-bond donors (Lipinski definition) is 0. The minimum atomic E-state index is 0.775. The lowest BCUT2D eigenvalue weighted by molar-refractivity contribution is 1.42. The predicted octanol–water partition coefficient (Wildman–Crippen LogP) is 4.25. The Kier molecular flexibility index (Phi) is 3.51. The van der Waals surface area contributed by atoms with Crippen molar-refractivity contribution >= 4 is 55.3 Å². The highest BCUT2D eigenvalue weighted by molar-refractivity contribution is 9.10. The number of hydrogen-bond acceptors (Lipinski definition) is 6. The van der Waals surface area contributed by atoms with Crippen LogP contribution in [0, 0.1) is 0 Å². The fourth-order valence-electron chi connectivity index (χ4n) is 1.49. The van der Waals surface area contributed by atoms with Crippen LogP contribution in [0.15, 0.2) is 33.5 Å². The SMILES string of the molecule is Brc1nsnc1-c1ccc(-c2nsnc2Br)cc1. The van der Waals surface area contributed by atoms with Crippen LogP contribution in [0.3, 0.4) is 0 Å². The second-order valence-electron chi connectivity index (χ2n) is 3.38. The van der Waals surface area contributed by atoms with E-state index in [0.29, 0.717) is 0 Å². The number of aromatic nitrogens is 4. The molecule has 0 aliphatic heterocycles. The topological polar surface area (TPSA) is 51.6 Å². The molecule has 0 unspecified atom stereocenters. The van der Waals surface area contributed by atoms with Crippen molar-refractivity contribution in [3.8, 4) is 22.5 Å². The molecule has 3 rings (SSSR count). The van der Waals surface area contributed by atoms with Gasteiger partial charge in [0.15, 0.2) is 0 Å². The van der Waals surface area contributed by atoms with Gasteiger partial charge in [0.25, 0.3) is 0 Å². The zero-order valence-corrected chi connectivity index (χ0v) is 13.5. The lowest BCUT2D eigenvalue weighted by Gasteiger charge is -2.00. The summed E-state index contributed by atoms with van der Waals surface area (Å²) in [6.45, 7) is 0. The summed E-state index contributed by atoms with van der Waals surface area (Å²) in [5.74, 6) is 0. The quantitative estimate of drug-likeness (QED) is 0.641. The van der Waals surface area contributed by atoms with Gasteiger partial charge in [0.1, 0.15) is 20.6 Å². The van der Waals surface area contributed by atoms with Crippen LogP contribution >= 0.6 is 55.3 Å². The molecule has 0 saturated heterocycles. The molecular weight excluding hydrogens is 400 g/mol. The fourth-order valence-corrected chi connectivity index (χ4v) is 3.69. The van der Waals surface area contributed by atoms with Crippen LogP contribution in [-0.2, 0) is 0 Å². The average molecular weight is 404 g/mol. The Balaban J connectivity index is 2.00. The van der Waals surface area contributed by atoms with Crippen molar-refractivity contribution in [2.75, 3.05) is 0 Å². The molecule has 90 valence electrons. The molecule has 0 amide bonds. The Hall–Kier alpha value is -0.700. The average Bonchev–Trinajstić information content (AvgIpc) is 2.98. The van der Waals surface area contributed by atoms with Crippen LogP contribution in [-0.4, -0.2) is 17.5 Å². The molecule has 0 aliphatic rings. The van der Waals surface area contributed by atoms with Crippen molar-refractivity contribution in [1.29, 1.82) is 0 Å². The number of nitrogens with zero attached hydrogens (tertiary/aromatic N) is 4. The normalized spacial score (nSPS) is 10.8. The number of halogens is 2. The lowest BCUT2D eigenvalue weighted by atomic mass is 10.1. The van der Waals surface area contributed by atoms with E-state index in [1.807, 2.05) is 24.3 Å². The Morgan fingerprint density at radius 3 is 1.33 bits per heavy atom. The molecule has 2 aromatic heterocycles. The molecule has 0 bridgehead atoms. The van der Waals surface area contributed by atoms with E-state index in [9.17, 15) is 0 Å². The third-order valence-electron chi connectivity index (χ3n) is 2.33. The van der Waals surface area contributed by atoms with Gasteiger partial charge in [-0.05, 0) is 31.9 Å². The van der Waals surface area contributed by atoms with Crippen molar-refractivity contribution in [3.63, 3.8) is 0 Å². The van der Waals surface area contributed by atoms with Gasteiger partial charge in [-0.1, -0.05) is 24.3 Å². The Bertz CT molecular complexity index is 618. The predicted molar refractivity (Wildman–Crippen MR) is 79.6 cm³/mol. The molecule has 4 nitrogen and oxygen atoms in total. The molecule has 2 heterocycles. The molecule has 0 fully saturated rings. The van der Waals surface area contributed by atoms with Crippen molar-refractivity contribution < 1.29 is 0 Å². The first-order valence-corrected chi connectivity index (χ1v) is 7.87. The van der Waals surface area contributed by atoms with E-state index in [4.69, 9.17) is 0 Å². The molecule has 0 aliphatic carbocycles. The zero-order chi connectivity index (χ0) is 12.5. The van der Waals surface area contributed by atoms with E-state index < -0.39 is 0 Å². The molecule has 0 spiro atoms. The van der Waals surface area contributed by atoms with Gasteiger partial charge in [-0.15, -0.1) is 0 Å². The molecule has 18 heavy (non-hydrogen) atoms. The monoisotopic (exact) mass is 402 g/mol. The highest BCUT2D eigenvalue weighted by atomic mass is 79.9. The van der Waals surface area contributed by atoms with Gasteiger partial charge in [0, 0.05) is 11.1 Å². The summed E-state index contributed by atoms with van der Waals surface area (Å²) in [6.07, 6.45) is 0. The van der Waals surface area contributed by atoms with Crippen molar-refractivity contribution in [2.45, 2.75) is 0 Å². The molecule has 0 N–H and O–H groups in total. The highest BCUT2D eigenvalue weighted by Gasteiger charge is 2.10. The number of benzene rings is 1. The summed E-state index contributed by atoms with van der Waals surface area (Å²) in [6, 6.07) is 8.01. The largest absolute Gasteiger partial charge is 0.172 e. The summed E-state index contributed by atoms with van der Waals surface area (Å²) in [5, 5.41) is 0. The van der Waals surface area contributed by atoms with Gasteiger partial charge in [-0.2, -0.15) is 17.5 Å². The molecule has 8 heteroatoms. The smallest absolute Gasteiger partial charge is 0.147 e. The van der Waals surface area contributed by atoms with E-state index in [-0.39, 0.29) is 0 Å². The van der Waals surface area contributed by atoms with Crippen molar-refractivity contribution in [3.05, 3.63) is 33.5 Å². The molecule has 3 aromatic rings. The number of rotatable bonds is 2. The van der Waals surface area contributed by atoms with E-state index in [0.717, 1.165) is 31.7 Å². The van der Waals surface area contributed by atoms with Gasteiger partial charge in [-0.3, -0.25) is 0 Å². The van der Waals surface area contributed by atoms with Crippen molar-refractivity contribution in [2.24, 2.45) is 0 Å². The first-order valence-electron chi connectivity index (χ1n) is 4.82. The fraction of sp³-hybridized carbons (Fsp3) is 0. The zero-order valence-electron chi connectivity index (χ0n) is 8.67. The van der Waals surface area contributed by atoms with Gasteiger partial charge in [0.2, 0.25) is 0 Å². The van der Waals surface area contributed by atoms with Crippen molar-refractivity contribution in [1.82, 2.24) is 17.5 Å². The van der Waals surface area contributed by atoms with Crippen LogP contribution < -0.4 is 0 Å². The van der Waals surface area contributed by atoms with Crippen LogP contribution in [0.1, 0.15) is 0 Å². The Labute approximate surface area is 128 Å². The van der Waals surface area contributed by atoms with Crippen LogP contribution in [0.5, 0.6) is 0 Å². The Morgan fingerprint density at radius 2 is 1.06 bits per heavy atom. The molecule has 0 atom stereocenters. The van der Waals surface area contributed by atoms with Gasteiger partial charge in [-0.25, -0.2) is 0 Å². The maximum atomic E-state index is 4.24. The summed E-state index contributed by atoms with van der Waals surface area (Å²) < 4.78 is 18.2. The maximum Gasteiger partial charge on any atom is 0.147 e. The second-order valence-corrected chi connectivity index (χ2v) is 5.94. The molecule has 0 radical (unpaired) electrons. The third-order valence-corrected chi connectivity index (χ3v) is 4.96. The molecule has 0 saturated carbocycles. The standard InChI is InChI=1S/C10H4Br2N4S2/c11-9-7(13-17-15-9)5-1-2-6(4-3-5)8-10(12)16-18-14-8/h1-4H. The minimum Gasteiger partial charge on any atom is -0.172 e. The van der Waals surface area contributed by atoms with Gasteiger partial charge >= 0.3 is 0 Å². The second kappa shape index (κ2) is 5.12. The minimum absolute atomic E-state index is 0.775. The molecule has 1 aromatic carbocycles. The summed E-state index contributed by atoms with van der Waals surface area (Å²) in [7, 11) is 0. The van der Waals surface area contributed by atoms with Crippen LogP contribution in [0.2, 0.25) is 0 Å². The van der Waals surface area contributed by atoms with E-state index >= 15 is 0 Å². The molecular formula is C10H4Br2N4S2. The van der Waals surface area contributed by atoms with Crippen LogP contribution in [0.4, 0.5) is 0 Å². The lowest BCUT2D eigenvalue weighted by Crippen LogP contribution is -1.82. The Morgan fingerprint density at radius 1 is 0.667 bits per heavy atom. The first-order chi connectivity index (χ1) is 8.75. The highest BCUT2D eigenvalue weighted by Crippen LogP contribution is 2.30.